The Labute approximate surface area is 86.0 Å². The van der Waals surface area contributed by atoms with Crippen LogP contribution < -0.4 is 0 Å². The standard InChI is InChI=1S/C12H20O2/c1-4-6-11(2)9-5-7-12(3,14-11)10(13)8-9/h9H,4-8H2,1-3H3/t9-,11+,12+/m1/s1. The van der Waals surface area contributed by atoms with Gasteiger partial charge in [0.05, 0.1) is 5.60 Å². The number of Topliss-reactive ketones (excluding diaryl/α,β-unsaturated/α-hetero) is 1. The number of fused-ring (bicyclic) bond motifs is 3. The molecule has 2 aliphatic heterocycles. The van der Waals surface area contributed by atoms with Crippen molar-refractivity contribution in [3.05, 3.63) is 0 Å². The fraction of sp³-hybridized carbons (Fsp3) is 0.917. The molecule has 2 heteroatoms. The smallest absolute Gasteiger partial charge is 0.164 e. The summed E-state index contributed by atoms with van der Waals surface area (Å²) in [6.45, 7) is 6.34. The van der Waals surface area contributed by atoms with E-state index in [-0.39, 0.29) is 5.60 Å². The number of carbonyl (C=O) groups is 1. The lowest BCUT2D eigenvalue weighted by atomic mass is 9.66. The zero-order chi connectivity index (χ0) is 10.4. The zero-order valence-corrected chi connectivity index (χ0v) is 9.43. The van der Waals surface area contributed by atoms with E-state index in [1.54, 1.807) is 0 Å². The number of ketones is 1. The Balaban J connectivity index is 2.23. The third-order valence-electron chi connectivity index (χ3n) is 4.06. The molecule has 1 aliphatic carbocycles. The second-order valence-electron chi connectivity index (χ2n) is 5.26. The van der Waals surface area contributed by atoms with Crippen molar-refractivity contribution < 1.29 is 9.53 Å². The van der Waals surface area contributed by atoms with Crippen LogP contribution in [-0.4, -0.2) is 17.0 Å². The average molecular weight is 196 g/mol. The van der Waals surface area contributed by atoms with Gasteiger partial charge in [-0.15, -0.1) is 0 Å². The Morgan fingerprint density at radius 1 is 1.50 bits per heavy atom. The topological polar surface area (TPSA) is 26.3 Å². The van der Waals surface area contributed by atoms with Crippen LogP contribution in [0.2, 0.25) is 0 Å². The summed E-state index contributed by atoms with van der Waals surface area (Å²) in [5, 5.41) is 0. The van der Waals surface area contributed by atoms with Crippen LogP contribution in [0.15, 0.2) is 0 Å². The van der Waals surface area contributed by atoms with Gasteiger partial charge >= 0.3 is 0 Å². The quantitative estimate of drug-likeness (QED) is 0.678. The summed E-state index contributed by atoms with van der Waals surface area (Å²) in [6.07, 6.45) is 5.05. The van der Waals surface area contributed by atoms with Gasteiger partial charge in [0.15, 0.2) is 5.78 Å². The van der Waals surface area contributed by atoms with E-state index >= 15 is 0 Å². The molecule has 0 aromatic heterocycles. The molecule has 0 N–H and O–H groups in total. The van der Waals surface area contributed by atoms with Crippen molar-refractivity contribution in [2.75, 3.05) is 0 Å². The lowest BCUT2D eigenvalue weighted by Crippen LogP contribution is -2.60. The summed E-state index contributed by atoms with van der Waals surface area (Å²) in [6, 6.07) is 0. The number of hydrogen-bond acceptors (Lipinski definition) is 2. The Hall–Kier alpha value is -0.370. The fourth-order valence-electron chi connectivity index (χ4n) is 3.11. The van der Waals surface area contributed by atoms with Crippen molar-refractivity contribution in [1.29, 1.82) is 0 Å². The SMILES string of the molecule is CCC[C@]1(C)O[C@@]2(C)CC[C@@H]1CC2=O. The van der Waals surface area contributed by atoms with Gasteiger partial charge in [-0.25, -0.2) is 0 Å². The highest BCUT2D eigenvalue weighted by atomic mass is 16.5. The van der Waals surface area contributed by atoms with E-state index in [1.165, 1.54) is 6.42 Å². The summed E-state index contributed by atoms with van der Waals surface area (Å²) in [4.78, 5) is 11.7. The molecule has 0 unspecified atom stereocenters. The van der Waals surface area contributed by atoms with Gasteiger partial charge in [0, 0.05) is 6.42 Å². The highest BCUT2D eigenvalue weighted by Gasteiger charge is 2.54. The van der Waals surface area contributed by atoms with E-state index in [9.17, 15) is 4.79 Å². The molecular weight excluding hydrogens is 176 g/mol. The third kappa shape index (κ3) is 1.31. The van der Waals surface area contributed by atoms with Gasteiger partial charge in [0.25, 0.3) is 0 Å². The number of rotatable bonds is 2. The maximum Gasteiger partial charge on any atom is 0.164 e. The molecule has 0 spiro atoms. The summed E-state index contributed by atoms with van der Waals surface area (Å²) in [7, 11) is 0. The molecule has 2 heterocycles. The van der Waals surface area contributed by atoms with Crippen molar-refractivity contribution in [1.82, 2.24) is 0 Å². The molecule has 3 rings (SSSR count). The molecule has 0 aromatic carbocycles. The summed E-state index contributed by atoms with van der Waals surface area (Å²) in [5.41, 5.74) is -0.492. The predicted molar refractivity (Wildman–Crippen MR) is 55.2 cm³/mol. The predicted octanol–water partition coefficient (Wildman–Crippen LogP) is 2.70. The second-order valence-corrected chi connectivity index (χ2v) is 5.26. The second kappa shape index (κ2) is 3.06. The first-order valence-electron chi connectivity index (χ1n) is 5.74. The van der Waals surface area contributed by atoms with Gasteiger partial charge in [-0.05, 0) is 39.0 Å². The van der Waals surface area contributed by atoms with Crippen LogP contribution in [0.4, 0.5) is 0 Å². The monoisotopic (exact) mass is 196 g/mol. The third-order valence-corrected chi connectivity index (χ3v) is 4.06. The van der Waals surface area contributed by atoms with Gasteiger partial charge in [0.1, 0.15) is 5.60 Å². The summed E-state index contributed by atoms with van der Waals surface area (Å²) in [5.74, 6) is 0.791. The van der Waals surface area contributed by atoms with Crippen LogP contribution in [0.1, 0.15) is 52.9 Å². The highest BCUT2D eigenvalue weighted by molar-refractivity contribution is 5.88. The lowest BCUT2D eigenvalue weighted by Gasteiger charge is -2.54. The Bertz CT molecular complexity index is 261. The van der Waals surface area contributed by atoms with Gasteiger partial charge < -0.3 is 4.74 Å². The number of hydrogen-bond donors (Lipinski definition) is 0. The van der Waals surface area contributed by atoms with E-state index in [4.69, 9.17) is 4.74 Å². The van der Waals surface area contributed by atoms with Crippen molar-refractivity contribution in [3.8, 4) is 0 Å². The minimum Gasteiger partial charge on any atom is -0.361 e. The Morgan fingerprint density at radius 3 is 2.71 bits per heavy atom. The Morgan fingerprint density at radius 2 is 2.21 bits per heavy atom. The van der Waals surface area contributed by atoms with Crippen LogP contribution in [0, 0.1) is 5.92 Å². The molecule has 1 saturated carbocycles. The van der Waals surface area contributed by atoms with Crippen molar-refractivity contribution in [2.24, 2.45) is 5.92 Å². The molecule has 2 saturated heterocycles. The molecule has 2 bridgehead atoms. The van der Waals surface area contributed by atoms with Gasteiger partial charge in [-0.1, -0.05) is 13.3 Å². The molecule has 80 valence electrons. The maximum absolute atomic E-state index is 11.7. The van der Waals surface area contributed by atoms with Gasteiger partial charge in [-0.2, -0.15) is 0 Å². The fourth-order valence-corrected chi connectivity index (χ4v) is 3.11. The van der Waals surface area contributed by atoms with E-state index < -0.39 is 5.60 Å². The van der Waals surface area contributed by atoms with Crippen LogP contribution in [0.3, 0.4) is 0 Å². The van der Waals surface area contributed by atoms with Crippen LogP contribution in [0.5, 0.6) is 0 Å². The molecule has 0 radical (unpaired) electrons. The molecule has 0 amide bonds. The van der Waals surface area contributed by atoms with E-state index in [0.717, 1.165) is 25.7 Å². The molecule has 3 fully saturated rings. The van der Waals surface area contributed by atoms with E-state index in [1.807, 2.05) is 6.92 Å². The van der Waals surface area contributed by atoms with E-state index in [2.05, 4.69) is 13.8 Å². The first-order chi connectivity index (χ1) is 6.50. The van der Waals surface area contributed by atoms with Crippen LogP contribution in [-0.2, 0) is 9.53 Å². The summed E-state index contributed by atoms with van der Waals surface area (Å²) < 4.78 is 6.06. The highest BCUT2D eigenvalue weighted by Crippen LogP contribution is 2.49. The molecule has 2 nitrogen and oxygen atoms in total. The molecule has 14 heavy (non-hydrogen) atoms. The first-order valence-corrected chi connectivity index (χ1v) is 5.74. The van der Waals surface area contributed by atoms with Crippen molar-refractivity contribution >= 4 is 5.78 Å². The molecule has 3 atom stereocenters. The zero-order valence-electron chi connectivity index (χ0n) is 9.43. The normalized spacial score (nSPS) is 47.1. The summed E-state index contributed by atoms with van der Waals surface area (Å²) >= 11 is 0. The minimum atomic E-state index is -0.460. The van der Waals surface area contributed by atoms with E-state index in [0.29, 0.717) is 11.7 Å². The van der Waals surface area contributed by atoms with Crippen molar-refractivity contribution in [3.63, 3.8) is 0 Å². The number of ether oxygens (including phenoxy) is 1. The number of carbonyl (C=O) groups excluding carboxylic acids is 1. The molecular formula is C12H20O2. The van der Waals surface area contributed by atoms with Crippen LogP contribution >= 0.6 is 0 Å². The average Bonchev–Trinajstić information content (AvgIpc) is 2.08. The van der Waals surface area contributed by atoms with Gasteiger partial charge in [0.2, 0.25) is 0 Å². The lowest BCUT2D eigenvalue weighted by molar-refractivity contribution is -0.229. The van der Waals surface area contributed by atoms with Crippen molar-refractivity contribution in [2.45, 2.75) is 64.1 Å². The molecule has 0 aromatic rings. The maximum atomic E-state index is 11.7. The Kier molecular flexibility index (Phi) is 2.22. The largest absolute Gasteiger partial charge is 0.361 e. The van der Waals surface area contributed by atoms with Gasteiger partial charge in [-0.3, -0.25) is 4.79 Å². The van der Waals surface area contributed by atoms with Crippen LogP contribution in [0.25, 0.3) is 0 Å². The first kappa shape index (κ1) is 10.2. The minimum absolute atomic E-state index is 0.0321. The molecule has 3 aliphatic rings.